The van der Waals surface area contributed by atoms with Crippen LogP contribution in [-0.2, 0) is 4.79 Å². The van der Waals surface area contributed by atoms with E-state index in [2.05, 4.69) is 4.90 Å². The summed E-state index contributed by atoms with van der Waals surface area (Å²) in [6, 6.07) is 4.03. The Morgan fingerprint density at radius 3 is 2.29 bits per heavy atom. The van der Waals surface area contributed by atoms with Crippen molar-refractivity contribution < 1.29 is 9.59 Å². The number of amides is 2. The highest BCUT2D eigenvalue weighted by molar-refractivity contribution is 7.12. The summed E-state index contributed by atoms with van der Waals surface area (Å²) in [4.78, 5) is 31.4. The molecule has 2 N–H and O–H groups in total. The van der Waals surface area contributed by atoms with Crippen LogP contribution in [0.5, 0.6) is 0 Å². The van der Waals surface area contributed by atoms with Crippen LogP contribution < -0.4 is 5.73 Å². The summed E-state index contributed by atoms with van der Waals surface area (Å²) >= 11 is 1.47. The van der Waals surface area contributed by atoms with Crippen molar-refractivity contribution in [3.63, 3.8) is 0 Å². The standard InChI is InChI=1S/C16H24N4O2S.ClH/c17-13-3-5-18(6-4-13)12-15(21)19-7-9-20(10-8-19)16(22)14-2-1-11-23-14;/h1-2,11,13H,3-10,12,17H2;1H. The third kappa shape index (κ3) is 4.69. The summed E-state index contributed by atoms with van der Waals surface area (Å²) in [7, 11) is 0. The molecule has 6 nitrogen and oxygen atoms in total. The number of rotatable bonds is 3. The second kappa shape index (κ2) is 8.80. The number of thiophene rings is 1. The number of hydrogen-bond acceptors (Lipinski definition) is 5. The summed E-state index contributed by atoms with van der Waals surface area (Å²) in [6.45, 7) is 4.78. The lowest BCUT2D eigenvalue weighted by molar-refractivity contribution is -0.134. The van der Waals surface area contributed by atoms with E-state index in [0.29, 0.717) is 32.7 Å². The average molecular weight is 373 g/mol. The fourth-order valence-corrected chi connectivity index (χ4v) is 3.81. The molecule has 3 heterocycles. The number of hydrogen-bond donors (Lipinski definition) is 1. The van der Waals surface area contributed by atoms with Gasteiger partial charge in [-0.15, -0.1) is 23.7 Å². The molecule has 1 aromatic rings. The van der Waals surface area contributed by atoms with Crippen LogP contribution in [0.3, 0.4) is 0 Å². The van der Waals surface area contributed by atoms with E-state index in [1.807, 2.05) is 27.3 Å². The van der Waals surface area contributed by atoms with Gasteiger partial charge in [0.1, 0.15) is 0 Å². The first kappa shape index (κ1) is 19.2. The summed E-state index contributed by atoms with van der Waals surface area (Å²) < 4.78 is 0. The predicted molar refractivity (Wildman–Crippen MR) is 97.7 cm³/mol. The van der Waals surface area contributed by atoms with Gasteiger partial charge in [-0.05, 0) is 24.3 Å². The van der Waals surface area contributed by atoms with E-state index in [1.165, 1.54) is 11.3 Å². The van der Waals surface area contributed by atoms with Crippen LogP contribution in [0.15, 0.2) is 17.5 Å². The molecule has 0 aromatic carbocycles. The van der Waals surface area contributed by atoms with Gasteiger partial charge in [0, 0.05) is 45.3 Å². The van der Waals surface area contributed by atoms with Gasteiger partial charge in [0.05, 0.1) is 11.4 Å². The Kier molecular flexibility index (Phi) is 7.03. The van der Waals surface area contributed by atoms with Crippen molar-refractivity contribution in [3.05, 3.63) is 22.4 Å². The molecule has 0 radical (unpaired) electrons. The van der Waals surface area contributed by atoms with Gasteiger partial charge in [-0.3, -0.25) is 14.5 Å². The first-order valence-corrected chi connectivity index (χ1v) is 9.10. The maximum Gasteiger partial charge on any atom is 0.264 e. The average Bonchev–Trinajstić information content (AvgIpc) is 3.11. The van der Waals surface area contributed by atoms with Crippen molar-refractivity contribution in [2.45, 2.75) is 18.9 Å². The van der Waals surface area contributed by atoms with Crippen LogP contribution >= 0.6 is 23.7 Å². The Labute approximate surface area is 153 Å². The molecule has 3 rings (SSSR count). The quantitative estimate of drug-likeness (QED) is 0.855. The van der Waals surface area contributed by atoms with Crippen molar-refractivity contribution in [1.82, 2.24) is 14.7 Å². The van der Waals surface area contributed by atoms with Crippen molar-refractivity contribution in [1.29, 1.82) is 0 Å². The van der Waals surface area contributed by atoms with E-state index in [-0.39, 0.29) is 30.3 Å². The number of piperidine rings is 1. The molecule has 0 atom stereocenters. The minimum Gasteiger partial charge on any atom is -0.338 e. The van der Waals surface area contributed by atoms with E-state index < -0.39 is 0 Å². The van der Waals surface area contributed by atoms with Gasteiger partial charge < -0.3 is 15.5 Å². The van der Waals surface area contributed by atoms with E-state index in [9.17, 15) is 9.59 Å². The SMILES string of the molecule is Cl.NC1CCN(CC(=O)N2CCN(C(=O)c3cccs3)CC2)CC1. The van der Waals surface area contributed by atoms with Crippen LogP contribution in [0.25, 0.3) is 0 Å². The summed E-state index contributed by atoms with van der Waals surface area (Å²) in [5.74, 6) is 0.251. The molecule has 2 fully saturated rings. The second-order valence-electron chi connectivity index (χ2n) is 6.26. The molecular weight excluding hydrogens is 348 g/mol. The van der Waals surface area contributed by atoms with Crippen LogP contribution in [-0.4, -0.2) is 78.4 Å². The zero-order valence-electron chi connectivity index (χ0n) is 13.7. The Bertz CT molecular complexity index is 538. The summed E-state index contributed by atoms with van der Waals surface area (Å²) in [5, 5.41) is 1.91. The molecule has 0 unspecified atom stereocenters. The molecule has 0 saturated carbocycles. The molecule has 134 valence electrons. The summed E-state index contributed by atoms with van der Waals surface area (Å²) in [6.07, 6.45) is 1.94. The van der Waals surface area contributed by atoms with Crippen molar-refractivity contribution >= 4 is 35.6 Å². The van der Waals surface area contributed by atoms with E-state index in [1.54, 1.807) is 0 Å². The molecule has 2 saturated heterocycles. The number of likely N-dealkylation sites (tertiary alicyclic amines) is 1. The molecule has 0 bridgehead atoms. The first-order chi connectivity index (χ1) is 11.1. The van der Waals surface area contributed by atoms with Crippen LogP contribution in [0.4, 0.5) is 0 Å². The van der Waals surface area contributed by atoms with E-state index >= 15 is 0 Å². The lowest BCUT2D eigenvalue weighted by Gasteiger charge is -2.36. The molecule has 2 aliphatic heterocycles. The van der Waals surface area contributed by atoms with Crippen LogP contribution in [0.1, 0.15) is 22.5 Å². The molecule has 1 aromatic heterocycles. The lowest BCUT2D eigenvalue weighted by atomic mass is 10.1. The maximum absolute atomic E-state index is 12.4. The molecule has 2 aliphatic rings. The normalized spacial score (nSPS) is 19.9. The van der Waals surface area contributed by atoms with Gasteiger partial charge in [0.15, 0.2) is 0 Å². The number of nitrogens with zero attached hydrogens (tertiary/aromatic N) is 3. The van der Waals surface area contributed by atoms with Gasteiger partial charge in [0.2, 0.25) is 5.91 Å². The largest absolute Gasteiger partial charge is 0.338 e. The highest BCUT2D eigenvalue weighted by atomic mass is 35.5. The van der Waals surface area contributed by atoms with Gasteiger partial charge in [-0.2, -0.15) is 0 Å². The molecule has 24 heavy (non-hydrogen) atoms. The van der Waals surface area contributed by atoms with Crippen LogP contribution in [0.2, 0.25) is 0 Å². The van der Waals surface area contributed by atoms with Gasteiger partial charge in [-0.25, -0.2) is 0 Å². The first-order valence-electron chi connectivity index (χ1n) is 8.22. The minimum atomic E-state index is 0. The highest BCUT2D eigenvalue weighted by Crippen LogP contribution is 2.14. The molecular formula is C16H25ClN4O2S. The Morgan fingerprint density at radius 1 is 1.08 bits per heavy atom. The monoisotopic (exact) mass is 372 g/mol. The number of carbonyl (C=O) groups excluding carboxylic acids is 2. The number of piperazine rings is 1. The summed E-state index contributed by atoms with van der Waals surface area (Å²) in [5.41, 5.74) is 5.90. The van der Waals surface area contributed by atoms with Crippen molar-refractivity contribution in [2.24, 2.45) is 5.73 Å². The predicted octanol–water partition coefficient (Wildman–Crippen LogP) is 0.877. The van der Waals surface area contributed by atoms with E-state index in [0.717, 1.165) is 30.8 Å². The van der Waals surface area contributed by atoms with Crippen LogP contribution in [0, 0.1) is 0 Å². The third-order valence-corrected chi connectivity index (χ3v) is 5.50. The highest BCUT2D eigenvalue weighted by Gasteiger charge is 2.27. The molecule has 2 amide bonds. The third-order valence-electron chi connectivity index (χ3n) is 4.64. The smallest absolute Gasteiger partial charge is 0.264 e. The molecule has 8 heteroatoms. The maximum atomic E-state index is 12.4. The minimum absolute atomic E-state index is 0. The number of halogens is 1. The molecule has 0 spiro atoms. The molecule has 0 aliphatic carbocycles. The van der Waals surface area contributed by atoms with Crippen molar-refractivity contribution in [2.75, 3.05) is 45.8 Å². The topological polar surface area (TPSA) is 69.9 Å². The number of carbonyl (C=O) groups is 2. The number of nitrogens with two attached hydrogens (primary N) is 1. The zero-order chi connectivity index (χ0) is 16.2. The lowest BCUT2D eigenvalue weighted by Crippen LogP contribution is -2.53. The van der Waals surface area contributed by atoms with Gasteiger partial charge in [0.25, 0.3) is 5.91 Å². The Balaban J connectivity index is 0.00000208. The van der Waals surface area contributed by atoms with Gasteiger partial charge >= 0.3 is 0 Å². The fourth-order valence-electron chi connectivity index (χ4n) is 3.12. The van der Waals surface area contributed by atoms with E-state index in [4.69, 9.17) is 5.73 Å². The van der Waals surface area contributed by atoms with Gasteiger partial charge in [-0.1, -0.05) is 6.07 Å². The fraction of sp³-hybridized carbons (Fsp3) is 0.625. The Hall–Kier alpha value is -1.15. The Morgan fingerprint density at radius 2 is 1.71 bits per heavy atom. The zero-order valence-corrected chi connectivity index (χ0v) is 15.4. The second-order valence-corrected chi connectivity index (χ2v) is 7.21. The van der Waals surface area contributed by atoms with Crippen molar-refractivity contribution in [3.8, 4) is 0 Å².